The van der Waals surface area contributed by atoms with E-state index < -0.39 is 0 Å². The molecule has 3 aromatic carbocycles. The summed E-state index contributed by atoms with van der Waals surface area (Å²) in [5.41, 5.74) is 2.24. The molecule has 0 N–H and O–H groups in total. The Hall–Kier alpha value is -2.68. The molecule has 1 aliphatic rings. The first kappa shape index (κ1) is 26.9. The van der Waals surface area contributed by atoms with E-state index in [4.69, 9.17) is 26.1 Å². The zero-order chi connectivity index (χ0) is 26.6. The average molecular weight is 660 g/mol. The molecule has 0 bridgehead atoms. The maximum absolute atomic E-state index is 13.6. The van der Waals surface area contributed by atoms with Crippen molar-refractivity contribution < 1.29 is 9.47 Å². The highest BCUT2D eigenvalue weighted by atomic mass is 79.9. The molecular formula is C29H26Br2ClN3O3. The standard InChI is InChI=1S/C29H26Br2ClN3O3/c1-37-26-13-20(24(31)15-27(26)38-17-18-7-10-22(32)11-8-18)16-33-35-28(19-5-3-2-4-6-19)34-25-12-9-21(30)14-23(25)29(35)36/h7-16,19H,2-6,17H2,1H3. The van der Waals surface area contributed by atoms with Gasteiger partial charge in [-0.15, -0.1) is 0 Å². The van der Waals surface area contributed by atoms with E-state index in [9.17, 15) is 4.79 Å². The molecule has 196 valence electrons. The van der Waals surface area contributed by atoms with Crippen molar-refractivity contribution in [2.24, 2.45) is 5.10 Å². The highest BCUT2D eigenvalue weighted by Gasteiger charge is 2.22. The van der Waals surface area contributed by atoms with Gasteiger partial charge in [0.2, 0.25) is 0 Å². The Morgan fingerprint density at radius 1 is 1.05 bits per heavy atom. The van der Waals surface area contributed by atoms with E-state index in [1.54, 1.807) is 19.4 Å². The van der Waals surface area contributed by atoms with Crippen molar-refractivity contribution in [2.75, 3.05) is 7.11 Å². The Morgan fingerprint density at radius 2 is 1.82 bits per heavy atom. The molecule has 0 amide bonds. The zero-order valence-electron chi connectivity index (χ0n) is 20.8. The molecule has 6 nitrogen and oxygen atoms in total. The van der Waals surface area contributed by atoms with Crippen LogP contribution in [0.25, 0.3) is 10.9 Å². The summed E-state index contributed by atoms with van der Waals surface area (Å²) in [6.07, 6.45) is 7.13. The molecule has 1 aliphatic carbocycles. The van der Waals surface area contributed by atoms with Crippen molar-refractivity contribution in [1.29, 1.82) is 0 Å². The zero-order valence-corrected chi connectivity index (χ0v) is 24.7. The van der Waals surface area contributed by atoms with Crippen molar-refractivity contribution >= 4 is 60.6 Å². The van der Waals surface area contributed by atoms with Crippen molar-refractivity contribution in [2.45, 2.75) is 44.6 Å². The highest BCUT2D eigenvalue weighted by Crippen LogP contribution is 2.34. The molecular weight excluding hydrogens is 634 g/mol. The maximum atomic E-state index is 13.6. The minimum absolute atomic E-state index is 0.181. The van der Waals surface area contributed by atoms with Crippen LogP contribution in [0.2, 0.25) is 5.02 Å². The summed E-state index contributed by atoms with van der Waals surface area (Å²) < 4.78 is 14.7. The predicted octanol–water partition coefficient (Wildman–Crippen LogP) is 8.09. The Balaban J connectivity index is 1.49. The third-order valence-electron chi connectivity index (χ3n) is 6.71. The number of methoxy groups -OCH3 is 1. The normalized spacial score (nSPS) is 14.3. The molecule has 38 heavy (non-hydrogen) atoms. The van der Waals surface area contributed by atoms with Crippen LogP contribution in [0, 0.1) is 0 Å². The summed E-state index contributed by atoms with van der Waals surface area (Å²) in [7, 11) is 1.59. The van der Waals surface area contributed by atoms with Crippen LogP contribution in [0.4, 0.5) is 0 Å². The molecule has 0 atom stereocenters. The van der Waals surface area contributed by atoms with Gasteiger partial charge in [0.1, 0.15) is 12.4 Å². The molecule has 1 saturated carbocycles. The van der Waals surface area contributed by atoms with E-state index in [2.05, 4.69) is 37.0 Å². The van der Waals surface area contributed by atoms with Crippen molar-refractivity contribution in [1.82, 2.24) is 9.66 Å². The summed E-state index contributed by atoms with van der Waals surface area (Å²) >= 11 is 13.1. The Kier molecular flexibility index (Phi) is 8.51. The van der Waals surface area contributed by atoms with E-state index in [0.717, 1.165) is 45.8 Å². The molecule has 0 unspecified atom stereocenters. The number of benzene rings is 3. The second-order valence-corrected chi connectivity index (χ2v) is 11.5. The molecule has 0 aliphatic heterocycles. The molecule has 0 spiro atoms. The second-order valence-electron chi connectivity index (χ2n) is 9.27. The first-order valence-electron chi connectivity index (χ1n) is 12.4. The lowest BCUT2D eigenvalue weighted by Gasteiger charge is -2.22. The number of rotatable bonds is 7. The van der Waals surface area contributed by atoms with Crippen LogP contribution in [-0.2, 0) is 6.61 Å². The number of fused-ring (bicyclic) bond motifs is 1. The van der Waals surface area contributed by atoms with Gasteiger partial charge in [-0.25, -0.2) is 4.98 Å². The third kappa shape index (κ3) is 5.98. The lowest BCUT2D eigenvalue weighted by molar-refractivity contribution is 0.284. The summed E-state index contributed by atoms with van der Waals surface area (Å²) in [5.74, 6) is 2.06. The smallest absolute Gasteiger partial charge is 0.282 e. The number of aromatic nitrogens is 2. The summed E-state index contributed by atoms with van der Waals surface area (Å²) in [4.78, 5) is 18.5. The highest BCUT2D eigenvalue weighted by molar-refractivity contribution is 9.10. The average Bonchev–Trinajstić information content (AvgIpc) is 2.93. The summed E-state index contributed by atoms with van der Waals surface area (Å²) in [6, 6.07) is 16.8. The molecule has 0 radical (unpaired) electrons. The number of nitrogens with zero attached hydrogens (tertiary/aromatic N) is 3. The fraction of sp³-hybridized carbons (Fsp3) is 0.276. The van der Waals surface area contributed by atoms with Gasteiger partial charge in [0.25, 0.3) is 5.56 Å². The lowest BCUT2D eigenvalue weighted by Crippen LogP contribution is -2.25. The minimum atomic E-state index is -0.181. The van der Waals surface area contributed by atoms with Crippen LogP contribution in [0.5, 0.6) is 11.5 Å². The van der Waals surface area contributed by atoms with Crippen LogP contribution in [0.3, 0.4) is 0 Å². The predicted molar refractivity (Wildman–Crippen MR) is 159 cm³/mol. The van der Waals surface area contributed by atoms with E-state index in [-0.39, 0.29) is 11.5 Å². The van der Waals surface area contributed by atoms with Crippen LogP contribution in [0.1, 0.15) is 55.0 Å². The molecule has 0 saturated heterocycles. The minimum Gasteiger partial charge on any atom is -0.493 e. The van der Waals surface area contributed by atoms with Gasteiger partial charge in [0.05, 0.1) is 24.2 Å². The first-order valence-corrected chi connectivity index (χ1v) is 14.4. The molecule has 4 aromatic rings. The summed E-state index contributed by atoms with van der Waals surface area (Å²) in [6.45, 7) is 0.367. The Bertz CT molecular complexity index is 1550. The van der Waals surface area contributed by atoms with Gasteiger partial charge >= 0.3 is 0 Å². The third-order valence-corrected chi connectivity index (χ3v) is 8.14. The van der Waals surface area contributed by atoms with Crippen LogP contribution in [-0.4, -0.2) is 23.0 Å². The second kappa shape index (κ2) is 12.0. The van der Waals surface area contributed by atoms with E-state index in [1.165, 1.54) is 11.1 Å². The number of hydrogen-bond donors (Lipinski definition) is 0. The van der Waals surface area contributed by atoms with Crippen LogP contribution in [0.15, 0.2) is 73.4 Å². The molecule has 5 rings (SSSR count). The van der Waals surface area contributed by atoms with Crippen molar-refractivity contribution in [3.63, 3.8) is 0 Å². The van der Waals surface area contributed by atoms with Gasteiger partial charge in [-0.2, -0.15) is 9.78 Å². The fourth-order valence-corrected chi connectivity index (χ4v) is 5.60. The monoisotopic (exact) mass is 657 g/mol. The van der Waals surface area contributed by atoms with Gasteiger partial charge in [-0.3, -0.25) is 4.79 Å². The number of halogens is 3. The first-order chi connectivity index (χ1) is 18.4. The number of ether oxygens (including phenoxy) is 2. The maximum Gasteiger partial charge on any atom is 0.282 e. The van der Waals surface area contributed by atoms with E-state index in [1.807, 2.05) is 48.5 Å². The fourth-order valence-electron chi connectivity index (χ4n) is 4.69. The molecule has 9 heteroatoms. The van der Waals surface area contributed by atoms with Crippen molar-refractivity contribution in [3.05, 3.63) is 95.9 Å². The van der Waals surface area contributed by atoms with Gasteiger partial charge in [0, 0.05) is 25.4 Å². The van der Waals surface area contributed by atoms with Gasteiger partial charge < -0.3 is 9.47 Å². The van der Waals surface area contributed by atoms with Crippen LogP contribution < -0.4 is 15.0 Å². The van der Waals surface area contributed by atoms with Crippen molar-refractivity contribution in [3.8, 4) is 11.5 Å². The molecule has 1 fully saturated rings. The topological polar surface area (TPSA) is 65.7 Å². The van der Waals surface area contributed by atoms with E-state index in [0.29, 0.717) is 39.9 Å². The largest absolute Gasteiger partial charge is 0.493 e. The molecule has 1 heterocycles. The van der Waals surface area contributed by atoms with Crippen LogP contribution >= 0.6 is 43.5 Å². The van der Waals surface area contributed by atoms with E-state index >= 15 is 0 Å². The lowest BCUT2D eigenvalue weighted by atomic mass is 9.88. The quantitative estimate of drug-likeness (QED) is 0.188. The van der Waals surface area contributed by atoms with Gasteiger partial charge in [-0.1, -0.05) is 58.9 Å². The number of hydrogen-bond acceptors (Lipinski definition) is 5. The SMILES string of the molecule is COc1cc(C=Nn2c(C3CCCCC3)nc3ccc(Br)cc3c2=O)c(Br)cc1OCc1ccc(Cl)cc1. The molecule has 1 aromatic heterocycles. The van der Waals surface area contributed by atoms with Gasteiger partial charge in [0.15, 0.2) is 11.5 Å². The Morgan fingerprint density at radius 3 is 2.55 bits per heavy atom. The Labute approximate surface area is 242 Å². The van der Waals surface area contributed by atoms with Gasteiger partial charge in [-0.05, 0) is 76.8 Å². The summed E-state index contributed by atoms with van der Waals surface area (Å²) in [5, 5.41) is 5.87.